The molecule has 1 aliphatic rings. The smallest absolute Gasteiger partial charge is 0.248 e. The molecule has 3 rings (SSSR count). The van der Waals surface area contributed by atoms with E-state index in [-0.39, 0.29) is 17.3 Å². The van der Waals surface area contributed by atoms with Crippen molar-refractivity contribution < 1.29 is 13.2 Å². The van der Waals surface area contributed by atoms with Crippen LogP contribution in [-0.2, 0) is 26.9 Å². The number of nitrogens with zero attached hydrogens (tertiary/aromatic N) is 2. The van der Waals surface area contributed by atoms with Crippen LogP contribution >= 0.6 is 0 Å². The number of piperidine rings is 1. The van der Waals surface area contributed by atoms with Gasteiger partial charge in [0.15, 0.2) is 0 Å². The van der Waals surface area contributed by atoms with Gasteiger partial charge in [0, 0.05) is 18.9 Å². The molecule has 0 unspecified atom stereocenters. The predicted molar refractivity (Wildman–Crippen MR) is 96.8 cm³/mol. The van der Waals surface area contributed by atoms with Gasteiger partial charge in [0.2, 0.25) is 15.9 Å². The quantitative estimate of drug-likeness (QED) is 0.666. The van der Waals surface area contributed by atoms with E-state index in [1.54, 1.807) is 29.1 Å². The molecule has 0 spiro atoms. The number of carbonyl (C=O) groups excluding carboxylic acids is 1. The zero-order valence-corrected chi connectivity index (χ0v) is 15.4. The average Bonchev–Trinajstić information content (AvgIpc) is 3.22. The zero-order valence-electron chi connectivity index (χ0n) is 14.6. The van der Waals surface area contributed by atoms with E-state index in [2.05, 4.69) is 20.5 Å². The summed E-state index contributed by atoms with van der Waals surface area (Å²) in [6, 6.07) is 8.35. The second kappa shape index (κ2) is 7.56. The maximum Gasteiger partial charge on any atom is 0.248 e. The first kappa shape index (κ1) is 18.6. The summed E-state index contributed by atoms with van der Waals surface area (Å²) in [7, 11) is -2.14. The molecule has 1 saturated heterocycles. The van der Waals surface area contributed by atoms with E-state index >= 15 is 0 Å². The SMILES string of the molecule is CNS(=O)(=O)c1cccc(CNC(=O)C2(n3cccn3)CCNCC2)c1. The van der Waals surface area contributed by atoms with Gasteiger partial charge < -0.3 is 10.6 Å². The van der Waals surface area contributed by atoms with E-state index in [9.17, 15) is 13.2 Å². The molecule has 1 amide bonds. The molecule has 1 fully saturated rings. The van der Waals surface area contributed by atoms with Crippen molar-refractivity contribution in [3.8, 4) is 0 Å². The highest BCUT2D eigenvalue weighted by molar-refractivity contribution is 7.89. The standard InChI is InChI=1S/C17H23N5O3S/c1-18-26(24,25)15-5-2-4-14(12-15)13-20-16(23)17(6-9-19-10-7-17)22-11-3-8-21-22/h2-5,8,11-12,18-19H,6-7,9-10,13H2,1H3,(H,20,23). The Kier molecular flexibility index (Phi) is 5.40. The van der Waals surface area contributed by atoms with Gasteiger partial charge in [-0.1, -0.05) is 12.1 Å². The third kappa shape index (κ3) is 3.64. The topological polar surface area (TPSA) is 105 Å². The van der Waals surface area contributed by atoms with Crippen molar-refractivity contribution >= 4 is 15.9 Å². The van der Waals surface area contributed by atoms with E-state index < -0.39 is 15.6 Å². The molecule has 3 N–H and O–H groups in total. The summed E-state index contributed by atoms with van der Waals surface area (Å²) in [4.78, 5) is 13.2. The summed E-state index contributed by atoms with van der Waals surface area (Å²) in [6.07, 6.45) is 4.78. The Morgan fingerprint density at radius 1 is 1.31 bits per heavy atom. The molecule has 0 saturated carbocycles. The van der Waals surface area contributed by atoms with E-state index in [1.165, 1.54) is 13.1 Å². The molecule has 9 heteroatoms. The number of hydrogen-bond donors (Lipinski definition) is 3. The average molecular weight is 377 g/mol. The summed E-state index contributed by atoms with van der Waals surface area (Å²) in [6.45, 7) is 1.73. The number of aromatic nitrogens is 2. The van der Waals surface area contributed by atoms with Gasteiger partial charge in [-0.3, -0.25) is 9.48 Å². The van der Waals surface area contributed by atoms with Crippen LogP contribution in [0.5, 0.6) is 0 Å². The first-order valence-electron chi connectivity index (χ1n) is 8.50. The number of benzene rings is 1. The monoisotopic (exact) mass is 377 g/mol. The number of sulfonamides is 1. The molecule has 0 radical (unpaired) electrons. The van der Waals surface area contributed by atoms with Gasteiger partial charge in [-0.2, -0.15) is 5.10 Å². The lowest BCUT2D eigenvalue weighted by Gasteiger charge is -2.36. The first-order valence-corrected chi connectivity index (χ1v) is 9.98. The van der Waals surface area contributed by atoms with Crippen molar-refractivity contribution in [1.82, 2.24) is 25.1 Å². The summed E-state index contributed by atoms with van der Waals surface area (Å²) < 4.78 is 27.9. The largest absolute Gasteiger partial charge is 0.350 e. The minimum Gasteiger partial charge on any atom is -0.350 e. The highest BCUT2D eigenvalue weighted by atomic mass is 32.2. The van der Waals surface area contributed by atoms with Gasteiger partial charge in [-0.05, 0) is 56.7 Å². The van der Waals surface area contributed by atoms with Crippen molar-refractivity contribution in [3.63, 3.8) is 0 Å². The molecule has 1 aliphatic heterocycles. The summed E-state index contributed by atoms with van der Waals surface area (Å²) >= 11 is 0. The Hall–Kier alpha value is -2.23. The van der Waals surface area contributed by atoms with Crippen LogP contribution in [0.1, 0.15) is 18.4 Å². The Labute approximate surface area is 153 Å². The molecule has 0 bridgehead atoms. The fraction of sp³-hybridized carbons (Fsp3) is 0.412. The van der Waals surface area contributed by atoms with Crippen molar-refractivity contribution in [2.45, 2.75) is 29.8 Å². The molecule has 2 aromatic rings. The first-order chi connectivity index (χ1) is 12.5. The Morgan fingerprint density at radius 3 is 2.73 bits per heavy atom. The van der Waals surface area contributed by atoms with Crippen LogP contribution in [0.4, 0.5) is 0 Å². The fourth-order valence-electron chi connectivity index (χ4n) is 3.21. The van der Waals surface area contributed by atoms with Crippen LogP contribution in [0.3, 0.4) is 0 Å². The Bertz CT molecular complexity index is 858. The third-order valence-electron chi connectivity index (χ3n) is 4.73. The van der Waals surface area contributed by atoms with Gasteiger partial charge in [0.25, 0.3) is 0 Å². The molecular formula is C17H23N5O3S. The molecule has 1 aromatic heterocycles. The van der Waals surface area contributed by atoms with E-state index in [4.69, 9.17) is 0 Å². The summed E-state index contributed by atoms with van der Waals surface area (Å²) in [5, 5.41) is 10.5. The third-order valence-corrected chi connectivity index (χ3v) is 6.14. The maximum absolute atomic E-state index is 13.0. The highest BCUT2D eigenvalue weighted by Gasteiger charge is 2.41. The molecule has 0 atom stereocenters. The molecular weight excluding hydrogens is 354 g/mol. The lowest BCUT2D eigenvalue weighted by Crippen LogP contribution is -2.54. The molecule has 0 aliphatic carbocycles. The predicted octanol–water partition coefficient (Wildman–Crippen LogP) is 0.186. The molecule has 140 valence electrons. The van der Waals surface area contributed by atoms with Crippen LogP contribution < -0.4 is 15.4 Å². The second-order valence-electron chi connectivity index (χ2n) is 6.27. The minimum absolute atomic E-state index is 0.107. The number of amides is 1. The number of carbonyl (C=O) groups is 1. The van der Waals surface area contributed by atoms with E-state index in [1.807, 2.05) is 12.3 Å². The zero-order chi connectivity index (χ0) is 18.6. The number of hydrogen-bond acceptors (Lipinski definition) is 5. The van der Waals surface area contributed by atoms with Crippen LogP contribution in [-0.4, -0.2) is 44.2 Å². The summed E-state index contributed by atoms with van der Waals surface area (Å²) in [5.74, 6) is -0.107. The molecule has 2 heterocycles. The Balaban J connectivity index is 1.76. The molecule has 8 nitrogen and oxygen atoms in total. The van der Waals surface area contributed by atoms with Gasteiger partial charge >= 0.3 is 0 Å². The molecule has 1 aromatic carbocycles. The Morgan fingerprint density at radius 2 is 2.08 bits per heavy atom. The minimum atomic E-state index is -3.51. The maximum atomic E-state index is 13.0. The summed E-state index contributed by atoms with van der Waals surface area (Å²) in [5.41, 5.74) is 0.00267. The highest BCUT2D eigenvalue weighted by Crippen LogP contribution is 2.27. The van der Waals surface area contributed by atoms with Crippen molar-refractivity contribution in [1.29, 1.82) is 0 Å². The van der Waals surface area contributed by atoms with Crippen LogP contribution in [0.25, 0.3) is 0 Å². The number of nitrogens with one attached hydrogen (secondary N) is 3. The van der Waals surface area contributed by atoms with E-state index in [0.717, 1.165) is 18.7 Å². The lowest BCUT2D eigenvalue weighted by atomic mass is 9.87. The molecule has 26 heavy (non-hydrogen) atoms. The van der Waals surface area contributed by atoms with Crippen LogP contribution in [0.15, 0.2) is 47.6 Å². The van der Waals surface area contributed by atoms with E-state index in [0.29, 0.717) is 12.8 Å². The van der Waals surface area contributed by atoms with Gasteiger partial charge in [0.1, 0.15) is 5.54 Å². The van der Waals surface area contributed by atoms with Crippen LogP contribution in [0, 0.1) is 0 Å². The lowest BCUT2D eigenvalue weighted by molar-refractivity contribution is -0.132. The fourth-order valence-corrected chi connectivity index (χ4v) is 4.01. The van der Waals surface area contributed by atoms with Crippen molar-refractivity contribution in [2.24, 2.45) is 0 Å². The van der Waals surface area contributed by atoms with Gasteiger partial charge in [-0.25, -0.2) is 13.1 Å². The van der Waals surface area contributed by atoms with Gasteiger partial charge in [-0.15, -0.1) is 0 Å². The second-order valence-corrected chi connectivity index (χ2v) is 8.16. The van der Waals surface area contributed by atoms with Crippen molar-refractivity contribution in [2.75, 3.05) is 20.1 Å². The van der Waals surface area contributed by atoms with Crippen LogP contribution in [0.2, 0.25) is 0 Å². The normalized spacial score (nSPS) is 17.0. The number of rotatable bonds is 6. The van der Waals surface area contributed by atoms with Gasteiger partial charge in [0.05, 0.1) is 4.90 Å². The van der Waals surface area contributed by atoms with Crippen molar-refractivity contribution in [3.05, 3.63) is 48.3 Å².